The molecule has 0 radical (unpaired) electrons. The lowest BCUT2D eigenvalue weighted by molar-refractivity contribution is 0.0473. The Labute approximate surface area is 163 Å². The standard InChI is InChI=1S/C23H21NO4/c1-14-20(12-18-11-19(27-2)8-9-21(18)24-14)23(26)28-13-22(25)17-7-6-15-4-3-5-16(15)10-17/h6-12H,3-5,13H2,1-2H3. The molecule has 28 heavy (non-hydrogen) atoms. The quantitative estimate of drug-likeness (QED) is 0.497. The summed E-state index contributed by atoms with van der Waals surface area (Å²) in [6.45, 7) is 1.47. The fourth-order valence-corrected chi connectivity index (χ4v) is 3.62. The van der Waals surface area contributed by atoms with E-state index >= 15 is 0 Å². The highest BCUT2D eigenvalue weighted by molar-refractivity contribution is 6.00. The van der Waals surface area contributed by atoms with Crippen LogP contribution in [0.3, 0.4) is 0 Å². The lowest BCUT2D eigenvalue weighted by atomic mass is 10.0. The van der Waals surface area contributed by atoms with E-state index in [0.717, 1.165) is 30.2 Å². The number of aromatic nitrogens is 1. The van der Waals surface area contributed by atoms with Gasteiger partial charge in [0.1, 0.15) is 5.75 Å². The Morgan fingerprint density at radius 3 is 2.68 bits per heavy atom. The van der Waals surface area contributed by atoms with Crippen molar-refractivity contribution in [3.8, 4) is 5.75 Å². The molecular formula is C23H21NO4. The molecule has 5 heteroatoms. The Kier molecular flexibility index (Phi) is 4.82. The summed E-state index contributed by atoms with van der Waals surface area (Å²) < 4.78 is 10.5. The van der Waals surface area contributed by atoms with E-state index in [-0.39, 0.29) is 12.4 Å². The molecule has 0 aliphatic heterocycles. The first kappa shape index (κ1) is 18.2. The summed E-state index contributed by atoms with van der Waals surface area (Å²) in [7, 11) is 1.59. The number of nitrogens with zero attached hydrogens (tertiary/aromatic N) is 1. The smallest absolute Gasteiger partial charge is 0.340 e. The van der Waals surface area contributed by atoms with Gasteiger partial charge in [0, 0.05) is 10.9 Å². The molecule has 2 aromatic carbocycles. The summed E-state index contributed by atoms with van der Waals surface area (Å²) >= 11 is 0. The number of carbonyl (C=O) groups excluding carboxylic acids is 2. The number of Topliss-reactive ketones (excluding diaryl/α,β-unsaturated/α-hetero) is 1. The summed E-state index contributed by atoms with van der Waals surface area (Å²) in [5.74, 6) is -0.0652. The lowest BCUT2D eigenvalue weighted by Gasteiger charge is -2.09. The van der Waals surface area contributed by atoms with Crippen LogP contribution in [0.4, 0.5) is 0 Å². The van der Waals surface area contributed by atoms with Crippen molar-refractivity contribution >= 4 is 22.7 Å². The van der Waals surface area contributed by atoms with E-state index in [9.17, 15) is 9.59 Å². The molecule has 5 nitrogen and oxygen atoms in total. The van der Waals surface area contributed by atoms with E-state index in [2.05, 4.69) is 4.98 Å². The average Bonchev–Trinajstić information content (AvgIpc) is 3.18. The van der Waals surface area contributed by atoms with Crippen LogP contribution in [0, 0.1) is 6.92 Å². The number of methoxy groups -OCH3 is 1. The second-order valence-electron chi connectivity index (χ2n) is 7.02. The highest BCUT2D eigenvalue weighted by atomic mass is 16.5. The highest BCUT2D eigenvalue weighted by Gasteiger charge is 2.18. The molecule has 0 saturated carbocycles. The highest BCUT2D eigenvalue weighted by Crippen LogP contribution is 2.24. The molecule has 1 heterocycles. The van der Waals surface area contributed by atoms with Crippen molar-refractivity contribution in [2.45, 2.75) is 26.2 Å². The molecule has 3 aromatic rings. The molecule has 142 valence electrons. The van der Waals surface area contributed by atoms with Crippen LogP contribution in [-0.4, -0.2) is 30.5 Å². The first-order valence-corrected chi connectivity index (χ1v) is 9.32. The van der Waals surface area contributed by atoms with Crippen molar-refractivity contribution in [2.24, 2.45) is 0 Å². The van der Waals surface area contributed by atoms with Gasteiger partial charge in [-0.2, -0.15) is 0 Å². The molecule has 0 bridgehead atoms. The summed E-state index contributed by atoms with van der Waals surface area (Å²) in [5.41, 5.74) is 4.80. The van der Waals surface area contributed by atoms with Crippen molar-refractivity contribution in [1.29, 1.82) is 0 Å². The Morgan fingerprint density at radius 2 is 1.86 bits per heavy atom. The van der Waals surface area contributed by atoms with Crippen molar-refractivity contribution < 1.29 is 19.1 Å². The normalized spacial score (nSPS) is 12.6. The van der Waals surface area contributed by atoms with Gasteiger partial charge in [0.05, 0.1) is 23.9 Å². The second kappa shape index (κ2) is 7.43. The number of benzene rings is 2. The second-order valence-corrected chi connectivity index (χ2v) is 7.02. The molecule has 0 N–H and O–H groups in total. The third-order valence-corrected chi connectivity index (χ3v) is 5.19. The summed E-state index contributed by atoms with van der Waals surface area (Å²) in [6, 6.07) is 12.9. The maximum absolute atomic E-state index is 12.5. The summed E-state index contributed by atoms with van der Waals surface area (Å²) in [4.78, 5) is 29.4. The van der Waals surface area contributed by atoms with Gasteiger partial charge < -0.3 is 9.47 Å². The summed E-state index contributed by atoms with van der Waals surface area (Å²) in [6.07, 6.45) is 3.19. The van der Waals surface area contributed by atoms with E-state index in [1.165, 1.54) is 11.1 Å². The molecular weight excluding hydrogens is 354 g/mol. The van der Waals surface area contributed by atoms with Crippen LogP contribution in [0.1, 0.15) is 44.0 Å². The van der Waals surface area contributed by atoms with Gasteiger partial charge >= 0.3 is 5.97 Å². The molecule has 1 aromatic heterocycles. The monoisotopic (exact) mass is 375 g/mol. The van der Waals surface area contributed by atoms with Crippen LogP contribution in [0.5, 0.6) is 5.75 Å². The van der Waals surface area contributed by atoms with Gasteiger partial charge in [-0.25, -0.2) is 4.79 Å². The van der Waals surface area contributed by atoms with Gasteiger partial charge in [0.2, 0.25) is 0 Å². The number of carbonyl (C=O) groups is 2. The van der Waals surface area contributed by atoms with E-state index in [4.69, 9.17) is 9.47 Å². The molecule has 4 rings (SSSR count). The van der Waals surface area contributed by atoms with E-state index in [0.29, 0.717) is 22.6 Å². The van der Waals surface area contributed by atoms with Crippen molar-refractivity contribution in [3.05, 3.63) is 70.4 Å². The predicted octanol–water partition coefficient (Wildman–Crippen LogP) is 4.08. The molecule has 0 unspecified atom stereocenters. The SMILES string of the molecule is COc1ccc2nc(C)c(C(=O)OCC(=O)c3ccc4c(c3)CCC4)cc2c1. The number of rotatable bonds is 5. The minimum absolute atomic E-state index is 0.198. The van der Waals surface area contributed by atoms with Crippen LogP contribution >= 0.6 is 0 Å². The van der Waals surface area contributed by atoms with E-state index in [1.54, 1.807) is 20.1 Å². The summed E-state index contributed by atoms with van der Waals surface area (Å²) in [5, 5.41) is 0.779. The molecule has 1 aliphatic rings. The number of pyridine rings is 1. The number of ether oxygens (including phenoxy) is 2. The topological polar surface area (TPSA) is 65.5 Å². The maximum atomic E-state index is 12.5. The zero-order chi connectivity index (χ0) is 19.7. The van der Waals surface area contributed by atoms with Crippen molar-refractivity contribution in [3.63, 3.8) is 0 Å². The van der Waals surface area contributed by atoms with Gasteiger partial charge in [0.25, 0.3) is 0 Å². The zero-order valence-corrected chi connectivity index (χ0v) is 16.0. The van der Waals surface area contributed by atoms with Gasteiger partial charge in [0.15, 0.2) is 12.4 Å². The number of ketones is 1. The fraction of sp³-hybridized carbons (Fsp3) is 0.261. The molecule has 0 amide bonds. The van der Waals surface area contributed by atoms with Crippen molar-refractivity contribution in [1.82, 2.24) is 4.98 Å². The molecule has 0 spiro atoms. The van der Waals surface area contributed by atoms with Gasteiger partial charge in [-0.3, -0.25) is 9.78 Å². The van der Waals surface area contributed by atoms with E-state index < -0.39 is 5.97 Å². The van der Waals surface area contributed by atoms with Crippen molar-refractivity contribution in [2.75, 3.05) is 13.7 Å². The largest absolute Gasteiger partial charge is 0.497 e. The minimum atomic E-state index is -0.552. The van der Waals surface area contributed by atoms with Crippen LogP contribution in [0.25, 0.3) is 10.9 Å². The first-order chi connectivity index (χ1) is 13.5. The Bertz CT molecular complexity index is 1090. The number of hydrogen-bond donors (Lipinski definition) is 0. The number of fused-ring (bicyclic) bond motifs is 2. The number of hydrogen-bond acceptors (Lipinski definition) is 5. The van der Waals surface area contributed by atoms with Crippen LogP contribution < -0.4 is 4.74 Å². The fourth-order valence-electron chi connectivity index (χ4n) is 3.62. The Hall–Kier alpha value is -3.21. The van der Waals surface area contributed by atoms with Crippen LogP contribution in [-0.2, 0) is 17.6 Å². The number of aryl methyl sites for hydroxylation is 3. The van der Waals surface area contributed by atoms with Gasteiger partial charge in [-0.05, 0) is 67.6 Å². The number of esters is 1. The predicted molar refractivity (Wildman–Crippen MR) is 106 cm³/mol. The van der Waals surface area contributed by atoms with E-state index in [1.807, 2.05) is 36.4 Å². The minimum Gasteiger partial charge on any atom is -0.497 e. The zero-order valence-electron chi connectivity index (χ0n) is 16.0. The molecule has 0 atom stereocenters. The average molecular weight is 375 g/mol. The molecule has 0 fully saturated rings. The Balaban J connectivity index is 1.50. The third-order valence-electron chi connectivity index (χ3n) is 5.19. The van der Waals surface area contributed by atoms with Crippen LogP contribution in [0.15, 0.2) is 42.5 Å². The van der Waals surface area contributed by atoms with Gasteiger partial charge in [-0.1, -0.05) is 12.1 Å². The molecule has 1 aliphatic carbocycles. The lowest BCUT2D eigenvalue weighted by Crippen LogP contribution is -2.15. The van der Waals surface area contributed by atoms with Crippen LogP contribution in [0.2, 0.25) is 0 Å². The third kappa shape index (κ3) is 3.48. The maximum Gasteiger partial charge on any atom is 0.340 e. The first-order valence-electron chi connectivity index (χ1n) is 9.32. The Morgan fingerprint density at radius 1 is 1.04 bits per heavy atom. The molecule has 0 saturated heterocycles. The van der Waals surface area contributed by atoms with Gasteiger partial charge in [-0.15, -0.1) is 0 Å².